The number of nitrogens with one attached hydrogen (secondary N) is 1. The van der Waals surface area contributed by atoms with Crippen LogP contribution in [0.3, 0.4) is 0 Å². The van der Waals surface area contributed by atoms with Crippen molar-refractivity contribution in [2.75, 3.05) is 12.4 Å². The lowest BCUT2D eigenvalue weighted by Gasteiger charge is -2.31. The van der Waals surface area contributed by atoms with E-state index in [2.05, 4.69) is 24.6 Å². The molecule has 1 aromatic carbocycles. The second-order valence-corrected chi connectivity index (χ2v) is 8.27. The number of hydrogen-bond acceptors (Lipinski definition) is 3. The van der Waals surface area contributed by atoms with Gasteiger partial charge in [0.1, 0.15) is 5.75 Å². The third-order valence-corrected chi connectivity index (χ3v) is 5.98. The molecule has 124 valence electrons. The fraction of sp³-hybridized carbons (Fsp3) is 0.647. The highest BCUT2D eigenvalue weighted by Crippen LogP contribution is 2.26. The molecule has 0 radical (unpaired) electrons. The zero-order valence-corrected chi connectivity index (χ0v) is 14.6. The summed E-state index contributed by atoms with van der Waals surface area (Å²) in [5, 5.41) is 0. The van der Waals surface area contributed by atoms with Gasteiger partial charge in [0.2, 0.25) is 10.0 Å². The first kappa shape index (κ1) is 17.3. The van der Waals surface area contributed by atoms with Gasteiger partial charge >= 0.3 is 0 Å². The SMILES string of the molecule is CCS(=O)(=O)NC1CCCCC1COc1ccc(C)c(C)c1. The van der Waals surface area contributed by atoms with Crippen molar-refractivity contribution in [2.45, 2.75) is 52.5 Å². The van der Waals surface area contributed by atoms with E-state index in [1.165, 1.54) is 11.1 Å². The third kappa shape index (κ3) is 4.71. The van der Waals surface area contributed by atoms with E-state index in [1.807, 2.05) is 12.1 Å². The number of sulfonamides is 1. The van der Waals surface area contributed by atoms with E-state index in [4.69, 9.17) is 4.74 Å². The van der Waals surface area contributed by atoms with Crippen molar-refractivity contribution in [1.29, 1.82) is 0 Å². The van der Waals surface area contributed by atoms with Crippen molar-refractivity contribution in [3.05, 3.63) is 29.3 Å². The third-order valence-electron chi connectivity index (χ3n) is 4.56. The van der Waals surface area contributed by atoms with Crippen LogP contribution >= 0.6 is 0 Å². The number of hydrogen-bond donors (Lipinski definition) is 1. The van der Waals surface area contributed by atoms with Gasteiger partial charge in [0, 0.05) is 12.0 Å². The van der Waals surface area contributed by atoms with Gasteiger partial charge in [0.25, 0.3) is 0 Å². The van der Waals surface area contributed by atoms with Crippen LogP contribution < -0.4 is 9.46 Å². The summed E-state index contributed by atoms with van der Waals surface area (Å²) in [5.74, 6) is 1.25. The Morgan fingerprint density at radius 3 is 2.59 bits per heavy atom. The zero-order valence-electron chi connectivity index (χ0n) is 13.8. The maximum Gasteiger partial charge on any atom is 0.211 e. The molecule has 1 N–H and O–H groups in total. The minimum atomic E-state index is -3.15. The van der Waals surface area contributed by atoms with E-state index in [1.54, 1.807) is 6.92 Å². The molecule has 1 aliphatic carbocycles. The molecule has 0 heterocycles. The summed E-state index contributed by atoms with van der Waals surface area (Å²) in [6.07, 6.45) is 4.14. The lowest BCUT2D eigenvalue weighted by atomic mass is 9.86. The Labute approximate surface area is 134 Å². The largest absolute Gasteiger partial charge is 0.493 e. The fourth-order valence-electron chi connectivity index (χ4n) is 2.88. The lowest BCUT2D eigenvalue weighted by molar-refractivity contribution is 0.180. The Balaban J connectivity index is 1.97. The van der Waals surface area contributed by atoms with Crippen LogP contribution in [0, 0.1) is 19.8 Å². The van der Waals surface area contributed by atoms with E-state index >= 15 is 0 Å². The topological polar surface area (TPSA) is 55.4 Å². The maximum absolute atomic E-state index is 11.8. The van der Waals surface area contributed by atoms with Gasteiger partial charge in [-0.05, 0) is 56.9 Å². The quantitative estimate of drug-likeness (QED) is 0.874. The van der Waals surface area contributed by atoms with Crippen LogP contribution in [-0.2, 0) is 10.0 Å². The van der Waals surface area contributed by atoms with E-state index in [0.29, 0.717) is 6.61 Å². The number of ether oxygens (including phenoxy) is 1. The minimum absolute atomic E-state index is 0.00486. The molecule has 2 atom stereocenters. The molecule has 0 aromatic heterocycles. The summed E-state index contributed by atoms with van der Waals surface area (Å²) in [4.78, 5) is 0. The molecule has 0 saturated heterocycles. The highest BCUT2D eigenvalue weighted by Gasteiger charge is 2.28. The summed E-state index contributed by atoms with van der Waals surface area (Å²) in [7, 11) is -3.15. The van der Waals surface area contributed by atoms with Crippen LogP contribution in [0.1, 0.15) is 43.7 Å². The van der Waals surface area contributed by atoms with Crippen LogP contribution in [0.4, 0.5) is 0 Å². The Morgan fingerprint density at radius 2 is 1.91 bits per heavy atom. The minimum Gasteiger partial charge on any atom is -0.493 e. The van der Waals surface area contributed by atoms with Gasteiger partial charge in [-0.1, -0.05) is 18.9 Å². The average Bonchev–Trinajstić information content (AvgIpc) is 2.49. The number of benzene rings is 1. The lowest BCUT2D eigenvalue weighted by Crippen LogP contribution is -2.44. The van der Waals surface area contributed by atoms with Crippen LogP contribution in [0.15, 0.2) is 18.2 Å². The molecular weight excluding hydrogens is 298 g/mol. The van der Waals surface area contributed by atoms with Crippen molar-refractivity contribution in [3.8, 4) is 5.75 Å². The highest BCUT2D eigenvalue weighted by molar-refractivity contribution is 7.89. The molecule has 0 aliphatic heterocycles. The van der Waals surface area contributed by atoms with Crippen molar-refractivity contribution in [1.82, 2.24) is 4.72 Å². The number of rotatable bonds is 6. The molecule has 0 spiro atoms. The molecule has 1 fully saturated rings. The normalized spacial score (nSPS) is 22.5. The van der Waals surface area contributed by atoms with Crippen LogP contribution in [0.2, 0.25) is 0 Å². The molecule has 1 aromatic rings. The molecule has 2 rings (SSSR count). The van der Waals surface area contributed by atoms with Gasteiger partial charge in [-0.15, -0.1) is 0 Å². The average molecular weight is 325 g/mol. The monoisotopic (exact) mass is 325 g/mol. The molecule has 1 saturated carbocycles. The van der Waals surface area contributed by atoms with Gasteiger partial charge in [-0.25, -0.2) is 13.1 Å². The molecule has 0 amide bonds. The van der Waals surface area contributed by atoms with E-state index in [0.717, 1.165) is 31.4 Å². The van der Waals surface area contributed by atoms with Crippen molar-refractivity contribution in [2.24, 2.45) is 5.92 Å². The van der Waals surface area contributed by atoms with Gasteiger partial charge in [-0.3, -0.25) is 0 Å². The van der Waals surface area contributed by atoms with Crippen LogP contribution in [-0.4, -0.2) is 26.8 Å². The van der Waals surface area contributed by atoms with Gasteiger partial charge in [0.15, 0.2) is 0 Å². The van der Waals surface area contributed by atoms with Crippen LogP contribution in [0.25, 0.3) is 0 Å². The molecule has 0 bridgehead atoms. The van der Waals surface area contributed by atoms with Gasteiger partial charge < -0.3 is 4.74 Å². The number of aryl methyl sites for hydroxylation is 2. The molecule has 5 heteroatoms. The molecule has 2 unspecified atom stereocenters. The second kappa shape index (κ2) is 7.47. The Kier molecular flexibility index (Phi) is 5.87. The second-order valence-electron chi connectivity index (χ2n) is 6.23. The molecule has 4 nitrogen and oxygen atoms in total. The van der Waals surface area contributed by atoms with Gasteiger partial charge in [-0.2, -0.15) is 0 Å². The standard InChI is InChI=1S/C17H27NO3S/c1-4-22(19,20)18-17-8-6-5-7-15(17)12-21-16-10-9-13(2)14(3)11-16/h9-11,15,17-18H,4-8,12H2,1-3H3. The summed E-state index contributed by atoms with van der Waals surface area (Å²) in [6.45, 7) is 6.39. The maximum atomic E-state index is 11.8. The van der Waals surface area contributed by atoms with E-state index < -0.39 is 10.0 Å². The summed E-state index contributed by atoms with van der Waals surface area (Å²) in [5.41, 5.74) is 2.46. The summed E-state index contributed by atoms with van der Waals surface area (Å²) >= 11 is 0. The predicted octanol–water partition coefficient (Wildman–Crippen LogP) is 3.18. The smallest absolute Gasteiger partial charge is 0.211 e. The van der Waals surface area contributed by atoms with Crippen LogP contribution in [0.5, 0.6) is 5.75 Å². The summed E-state index contributed by atoms with van der Waals surface area (Å²) < 4.78 is 32.4. The van der Waals surface area contributed by atoms with Gasteiger partial charge in [0.05, 0.1) is 12.4 Å². The Morgan fingerprint density at radius 1 is 1.18 bits per heavy atom. The summed E-state index contributed by atoms with van der Waals surface area (Å²) in [6, 6.07) is 6.09. The Hall–Kier alpha value is -1.07. The predicted molar refractivity (Wildman–Crippen MR) is 89.8 cm³/mol. The first-order chi connectivity index (χ1) is 10.4. The Bertz CT molecular complexity index is 598. The first-order valence-electron chi connectivity index (χ1n) is 8.11. The van der Waals surface area contributed by atoms with E-state index in [-0.39, 0.29) is 17.7 Å². The molecule has 1 aliphatic rings. The molecule has 22 heavy (non-hydrogen) atoms. The van der Waals surface area contributed by atoms with Crippen molar-refractivity contribution in [3.63, 3.8) is 0 Å². The van der Waals surface area contributed by atoms with Crippen molar-refractivity contribution >= 4 is 10.0 Å². The zero-order chi connectivity index (χ0) is 16.2. The first-order valence-corrected chi connectivity index (χ1v) is 9.76. The molecular formula is C17H27NO3S. The highest BCUT2D eigenvalue weighted by atomic mass is 32.2. The van der Waals surface area contributed by atoms with Crippen molar-refractivity contribution < 1.29 is 13.2 Å². The van der Waals surface area contributed by atoms with E-state index in [9.17, 15) is 8.42 Å². The fourth-order valence-corrected chi connectivity index (χ4v) is 3.82.